The lowest BCUT2D eigenvalue weighted by Gasteiger charge is -2.32. The first-order valence-corrected chi connectivity index (χ1v) is 8.62. The van der Waals surface area contributed by atoms with Crippen molar-refractivity contribution in [3.05, 3.63) is 40.2 Å². The molecule has 3 rings (SSSR count). The number of piperidine rings is 1. The Morgan fingerprint density at radius 3 is 2.96 bits per heavy atom. The molecule has 0 radical (unpaired) electrons. The number of pyridine rings is 1. The number of fused-ring (bicyclic) bond motifs is 1. The average molecular weight is 329 g/mol. The van der Waals surface area contributed by atoms with Crippen LogP contribution in [0.2, 0.25) is 0 Å². The van der Waals surface area contributed by atoms with Gasteiger partial charge in [0.2, 0.25) is 0 Å². The SMILES string of the molecule is COc1ccc2cc(CN(C)C[C@H]3CCCN(C)C3)c(=O)[nH]c2c1. The highest BCUT2D eigenvalue weighted by Crippen LogP contribution is 2.20. The van der Waals surface area contributed by atoms with Crippen molar-refractivity contribution in [2.75, 3.05) is 40.8 Å². The van der Waals surface area contributed by atoms with Crippen LogP contribution in [-0.2, 0) is 6.54 Å². The molecule has 0 saturated carbocycles. The van der Waals surface area contributed by atoms with Crippen LogP contribution >= 0.6 is 0 Å². The van der Waals surface area contributed by atoms with Gasteiger partial charge in [0.05, 0.1) is 12.6 Å². The minimum atomic E-state index is -0.0108. The first-order valence-electron chi connectivity index (χ1n) is 8.62. The van der Waals surface area contributed by atoms with Crippen LogP contribution in [0.1, 0.15) is 18.4 Å². The summed E-state index contributed by atoms with van der Waals surface area (Å²) >= 11 is 0. The van der Waals surface area contributed by atoms with E-state index in [0.717, 1.165) is 35.3 Å². The molecule has 1 aliphatic heterocycles. The topological polar surface area (TPSA) is 48.6 Å². The van der Waals surface area contributed by atoms with E-state index in [1.165, 1.54) is 19.4 Å². The van der Waals surface area contributed by atoms with Crippen LogP contribution in [0.3, 0.4) is 0 Å². The van der Waals surface area contributed by atoms with Crippen molar-refractivity contribution in [2.45, 2.75) is 19.4 Å². The van der Waals surface area contributed by atoms with Crippen molar-refractivity contribution >= 4 is 10.9 Å². The van der Waals surface area contributed by atoms with Gasteiger partial charge in [-0.2, -0.15) is 0 Å². The number of benzene rings is 1. The highest BCUT2D eigenvalue weighted by atomic mass is 16.5. The number of hydrogen-bond donors (Lipinski definition) is 1. The van der Waals surface area contributed by atoms with Crippen LogP contribution in [-0.4, -0.2) is 55.6 Å². The number of hydrogen-bond acceptors (Lipinski definition) is 4. The number of nitrogens with zero attached hydrogens (tertiary/aromatic N) is 2. The Kier molecular flexibility index (Phi) is 5.21. The molecule has 0 aliphatic carbocycles. The molecular formula is C19H27N3O2. The number of methoxy groups -OCH3 is 1. The number of ether oxygens (including phenoxy) is 1. The molecule has 1 atom stereocenters. The van der Waals surface area contributed by atoms with Crippen LogP contribution in [0.25, 0.3) is 10.9 Å². The molecule has 0 bridgehead atoms. The summed E-state index contributed by atoms with van der Waals surface area (Å²) in [4.78, 5) is 20.0. The largest absolute Gasteiger partial charge is 0.497 e. The van der Waals surface area contributed by atoms with E-state index in [1.54, 1.807) is 7.11 Å². The normalized spacial score (nSPS) is 19.1. The van der Waals surface area contributed by atoms with Crippen molar-refractivity contribution < 1.29 is 4.74 Å². The maximum Gasteiger partial charge on any atom is 0.252 e. The first kappa shape index (κ1) is 17.0. The second kappa shape index (κ2) is 7.36. The molecule has 0 spiro atoms. The molecule has 1 N–H and O–H groups in total. The number of H-pyrrole nitrogens is 1. The quantitative estimate of drug-likeness (QED) is 0.914. The Bertz CT molecular complexity index is 756. The predicted molar refractivity (Wildman–Crippen MR) is 97.7 cm³/mol. The molecule has 1 fully saturated rings. The fraction of sp³-hybridized carbons (Fsp3) is 0.526. The zero-order chi connectivity index (χ0) is 17.1. The Balaban J connectivity index is 1.72. The van der Waals surface area contributed by atoms with Crippen LogP contribution in [0.5, 0.6) is 5.75 Å². The van der Waals surface area contributed by atoms with Crippen LogP contribution in [0.4, 0.5) is 0 Å². The summed E-state index contributed by atoms with van der Waals surface area (Å²) in [5, 5.41) is 1.04. The second-order valence-electron chi connectivity index (χ2n) is 7.04. The maximum absolute atomic E-state index is 12.4. The summed E-state index contributed by atoms with van der Waals surface area (Å²) < 4.78 is 5.22. The van der Waals surface area contributed by atoms with Gasteiger partial charge >= 0.3 is 0 Å². The van der Waals surface area contributed by atoms with E-state index in [2.05, 4.69) is 28.9 Å². The third kappa shape index (κ3) is 3.97. The van der Waals surface area contributed by atoms with Gasteiger partial charge in [-0.25, -0.2) is 0 Å². The number of nitrogens with one attached hydrogen (secondary N) is 1. The number of likely N-dealkylation sites (tertiary alicyclic amines) is 1. The molecule has 24 heavy (non-hydrogen) atoms. The fourth-order valence-electron chi connectivity index (χ4n) is 3.69. The van der Waals surface area contributed by atoms with Gasteiger partial charge in [-0.15, -0.1) is 0 Å². The summed E-state index contributed by atoms with van der Waals surface area (Å²) in [6.07, 6.45) is 2.55. The minimum absolute atomic E-state index is 0.0108. The van der Waals surface area contributed by atoms with Gasteiger partial charge in [0, 0.05) is 31.3 Å². The van der Waals surface area contributed by atoms with Gasteiger partial charge in [0.1, 0.15) is 5.75 Å². The fourth-order valence-corrected chi connectivity index (χ4v) is 3.69. The highest BCUT2D eigenvalue weighted by Gasteiger charge is 2.19. The summed E-state index contributed by atoms with van der Waals surface area (Å²) in [6.45, 7) is 4.06. The lowest BCUT2D eigenvalue weighted by molar-refractivity contribution is 0.163. The molecular weight excluding hydrogens is 302 g/mol. The minimum Gasteiger partial charge on any atom is -0.497 e. The molecule has 2 aromatic rings. The first-order chi connectivity index (χ1) is 11.5. The molecule has 1 aromatic heterocycles. The van der Waals surface area contributed by atoms with E-state index in [0.29, 0.717) is 12.5 Å². The monoisotopic (exact) mass is 329 g/mol. The Morgan fingerprint density at radius 2 is 2.21 bits per heavy atom. The van der Waals surface area contributed by atoms with E-state index in [4.69, 9.17) is 4.74 Å². The van der Waals surface area contributed by atoms with Crippen molar-refractivity contribution in [3.8, 4) is 5.75 Å². The van der Waals surface area contributed by atoms with Crippen LogP contribution in [0, 0.1) is 5.92 Å². The van der Waals surface area contributed by atoms with E-state index < -0.39 is 0 Å². The third-order valence-corrected chi connectivity index (χ3v) is 4.86. The smallest absolute Gasteiger partial charge is 0.252 e. The Hall–Kier alpha value is -1.85. The average Bonchev–Trinajstić information content (AvgIpc) is 2.55. The number of aromatic amines is 1. The summed E-state index contributed by atoms with van der Waals surface area (Å²) in [5.41, 5.74) is 1.63. The summed E-state index contributed by atoms with van der Waals surface area (Å²) in [5.74, 6) is 1.45. The summed E-state index contributed by atoms with van der Waals surface area (Å²) in [7, 11) is 5.92. The predicted octanol–water partition coefficient (Wildman–Crippen LogP) is 2.31. The van der Waals surface area contributed by atoms with Crippen LogP contribution in [0.15, 0.2) is 29.1 Å². The van der Waals surface area contributed by atoms with E-state index in [1.807, 2.05) is 24.3 Å². The Labute approximate surface area is 143 Å². The van der Waals surface area contributed by atoms with Crippen LogP contribution < -0.4 is 10.3 Å². The standard InChI is InChI=1S/C19H27N3O2/c1-21-8-4-5-14(11-21)12-22(2)13-16-9-15-6-7-17(24-3)10-18(15)20-19(16)23/h6-7,9-10,14H,4-5,8,11-13H2,1-3H3,(H,20,23)/t14-/m0/s1. The van der Waals surface area contributed by atoms with Crippen molar-refractivity contribution in [1.82, 2.24) is 14.8 Å². The molecule has 5 nitrogen and oxygen atoms in total. The molecule has 0 unspecified atom stereocenters. The highest BCUT2D eigenvalue weighted by molar-refractivity contribution is 5.80. The van der Waals surface area contributed by atoms with Gasteiger partial charge in [0.15, 0.2) is 0 Å². The molecule has 0 amide bonds. The van der Waals surface area contributed by atoms with Crippen molar-refractivity contribution in [2.24, 2.45) is 5.92 Å². The molecule has 5 heteroatoms. The van der Waals surface area contributed by atoms with Gasteiger partial charge in [0.25, 0.3) is 5.56 Å². The maximum atomic E-state index is 12.4. The van der Waals surface area contributed by atoms with Gasteiger partial charge in [-0.1, -0.05) is 0 Å². The van der Waals surface area contributed by atoms with E-state index in [9.17, 15) is 4.79 Å². The van der Waals surface area contributed by atoms with Gasteiger partial charge in [-0.3, -0.25) is 4.79 Å². The third-order valence-electron chi connectivity index (χ3n) is 4.86. The zero-order valence-electron chi connectivity index (χ0n) is 14.8. The summed E-state index contributed by atoms with van der Waals surface area (Å²) in [6, 6.07) is 7.77. The molecule has 2 heterocycles. The molecule has 130 valence electrons. The molecule has 1 aromatic carbocycles. The Morgan fingerprint density at radius 1 is 1.38 bits per heavy atom. The number of aromatic nitrogens is 1. The van der Waals surface area contributed by atoms with Gasteiger partial charge < -0.3 is 19.5 Å². The second-order valence-corrected chi connectivity index (χ2v) is 7.04. The zero-order valence-corrected chi connectivity index (χ0v) is 14.8. The van der Waals surface area contributed by atoms with E-state index >= 15 is 0 Å². The molecule has 1 saturated heterocycles. The lowest BCUT2D eigenvalue weighted by Crippen LogP contribution is -2.38. The molecule has 1 aliphatic rings. The van der Waals surface area contributed by atoms with Gasteiger partial charge in [-0.05, 0) is 63.0 Å². The van der Waals surface area contributed by atoms with E-state index in [-0.39, 0.29) is 5.56 Å². The van der Waals surface area contributed by atoms with Crippen molar-refractivity contribution in [1.29, 1.82) is 0 Å². The number of rotatable bonds is 5. The lowest BCUT2D eigenvalue weighted by atomic mass is 9.98. The van der Waals surface area contributed by atoms with Crippen molar-refractivity contribution in [3.63, 3.8) is 0 Å².